The minimum atomic E-state index is 0.675. The Balaban J connectivity index is 1.47. The monoisotopic (exact) mass is 283 g/mol. The van der Waals surface area contributed by atoms with E-state index in [2.05, 4.69) is 60.8 Å². The van der Waals surface area contributed by atoms with Crippen molar-refractivity contribution in [1.82, 2.24) is 5.32 Å². The minimum absolute atomic E-state index is 0.675. The summed E-state index contributed by atoms with van der Waals surface area (Å²) in [6, 6.07) is 17.6. The van der Waals surface area contributed by atoms with Gasteiger partial charge in [0.2, 0.25) is 0 Å². The zero-order valence-electron chi connectivity index (χ0n) is 11.9. The summed E-state index contributed by atoms with van der Waals surface area (Å²) < 4.78 is 0. The average Bonchev–Trinajstić information content (AvgIpc) is 2.87. The number of fused-ring (bicyclic) bond motifs is 1. The van der Waals surface area contributed by atoms with Crippen molar-refractivity contribution >= 4 is 11.8 Å². The molecule has 0 fully saturated rings. The fourth-order valence-electron chi connectivity index (χ4n) is 2.77. The van der Waals surface area contributed by atoms with Crippen molar-refractivity contribution in [3.8, 4) is 0 Å². The van der Waals surface area contributed by atoms with E-state index in [1.807, 2.05) is 11.8 Å². The maximum absolute atomic E-state index is 3.62. The molecule has 0 aromatic heterocycles. The lowest BCUT2D eigenvalue weighted by atomic mass is 10.0. The van der Waals surface area contributed by atoms with E-state index in [-0.39, 0.29) is 0 Å². The maximum atomic E-state index is 3.62. The molecule has 104 valence electrons. The van der Waals surface area contributed by atoms with Crippen LogP contribution in [0.4, 0.5) is 0 Å². The second-order valence-corrected chi connectivity index (χ2v) is 6.55. The summed E-state index contributed by atoms with van der Waals surface area (Å²) in [7, 11) is 0. The van der Waals surface area contributed by atoms with Gasteiger partial charge in [0, 0.05) is 23.1 Å². The summed E-state index contributed by atoms with van der Waals surface area (Å²) >= 11 is 1.99. The first kappa shape index (κ1) is 13.7. The summed E-state index contributed by atoms with van der Waals surface area (Å²) in [6.07, 6.45) is 1.11. The molecule has 1 unspecified atom stereocenters. The molecular weight excluding hydrogens is 262 g/mol. The summed E-state index contributed by atoms with van der Waals surface area (Å²) in [4.78, 5) is 1.47. The number of benzene rings is 2. The zero-order valence-corrected chi connectivity index (χ0v) is 12.7. The Hall–Kier alpha value is -1.25. The first-order valence-corrected chi connectivity index (χ1v) is 8.29. The van der Waals surface area contributed by atoms with Gasteiger partial charge in [-0.05, 0) is 37.1 Å². The van der Waals surface area contributed by atoms with Crippen LogP contribution in [0, 0.1) is 6.92 Å². The highest BCUT2D eigenvalue weighted by Crippen LogP contribution is 2.38. The molecule has 2 heteroatoms. The molecule has 1 aliphatic heterocycles. The Kier molecular flexibility index (Phi) is 4.44. The molecule has 1 aliphatic rings. The lowest BCUT2D eigenvalue weighted by Crippen LogP contribution is -2.23. The van der Waals surface area contributed by atoms with Crippen LogP contribution in [0.1, 0.15) is 22.6 Å². The quantitative estimate of drug-likeness (QED) is 0.832. The molecule has 0 saturated heterocycles. The minimum Gasteiger partial charge on any atom is -0.316 e. The lowest BCUT2D eigenvalue weighted by Gasteiger charge is -2.12. The van der Waals surface area contributed by atoms with Crippen LogP contribution in [0.5, 0.6) is 0 Å². The molecule has 1 nitrogen and oxygen atoms in total. The lowest BCUT2D eigenvalue weighted by molar-refractivity contribution is 0.621. The third kappa shape index (κ3) is 3.25. The largest absolute Gasteiger partial charge is 0.316 e. The van der Waals surface area contributed by atoms with E-state index in [0.29, 0.717) is 5.92 Å². The van der Waals surface area contributed by atoms with Gasteiger partial charge in [-0.25, -0.2) is 0 Å². The Labute approximate surface area is 125 Å². The number of hydrogen-bond acceptors (Lipinski definition) is 2. The van der Waals surface area contributed by atoms with Gasteiger partial charge in [-0.15, -0.1) is 11.8 Å². The number of nitrogens with one attached hydrogen (secondary N) is 1. The molecule has 1 heterocycles. The van der Waals surface area contributed by atoms with Crippen molar-refractivity contribution < 1.29 is 0 Å². The van der Waals surface area contributed by atoms with Gasteiger partial charge in [0.15, 0.2) is 0 Å². The average molecular weight is 283 g/mol. The molecule has 0 amide bonds. The summed E-state index contributed by atoms with van der Waals surface area (Å²) in [6.45, 7) is 4.31. The SMILES string of the molecule is Cc1cccc(CCNCC2CSc3ccccc32)c1. The van der Waals surface area contributed by atoms with Gasteiger partial charge < -0.3 is 5.32 Å². The molecule has 1 N–H and O–H groups in total. The standard InChI is InChI=1S/C18H21NS/c1-14-5-4-6-15(11-14)9-10-19-12-16-13-20-18-8-3-2-7-17(16)18/h2-8,11,16,19H,9-10,12-13H2,1H3. The third-order valence-electron chi connectivity index (χ3n) is 3.86. The van der Waals surface area contributed by atoms with Crippen molar-refractivity contribution in [1.29, 1.82) is 0 Å². The topological polar surface area (TPSA) is 12.0 Å². The fraction of sp³-hybridized carbons (Fsp3) is 0.333. The smallest absolute Gasteiger partial charge is 0.0108 e. The van der Waals surface area contributed by atoms with Crippen LogP contribution < -0.4 is 5.32 Å². The van der Waals surface area contributed by atoms with Gasteiger partial charge in [-0.3, -0.25) is 0 Å². The van der Waals surface area contributed by atoms with Crippen LogP contribution in [0.25, 0.3) is 0 Å². The number of thioether (sulfide) groups is 1. The Morgan fingerprint density at radius 1 is 1.15 bits per heavy atom. The van der Waals surface area contributed by atoms with Crippen molar-refractivity contribution in [2.75, 3.05) is 18.8 Å². The van der Waals surface area contributed by atoms with E-state index >= 15 is 0 Å². The first-order valence-electron chi connectivity index (χ1n) is 7.31. The van der Waals surface area contributed by atoms with Crippen LogP contribution in [-0.4, -0.2) is 18.8 Å². The van der Waals surface area contributed by atoms with Crippen molar-refractivity contribution in [2.24, 2.45) is 0 Å². The normalized spacial score (nSPS) is 17.1. The summed E-state index contributed by atoms with van der Waals surface area (Å²) in [5.74, 6) is 1.89. The predicted octanol–water partition coefficient (Wildman–Crippen LogP) is 4.02. The fourth-order valence-corrected chi connectivity index (χ4v) is 4.03. The molecule has 0 saturated carbocycles. The van der Waals surface area contributed by atoms with Crippen LogP contribution in [0.2, 0.25) is 0 Å². The Morgan fingerprint density at radius 2 is 2.05 bits per heavy atom. The van der Waals surface area contributed by atoms with Gasteiger partial charge in [0.1, 0.15) is 0 Å². The Morgan fingerprint density at radius 3 is 2.95 bits per heavy atom. The van der Waals surface area contributed by atoms with Gasteiger partial charge in [-0.1, -0.05) is 48.0 Å². The van der Waals surface area contributed by atoms with E-state index in [1.165, 1.54) is 27.3 Å². The van der Waals surface area contributed by atoms with Crippen molar-refractivity contribution in [3.05, 3.63) is 65.2 Å². The summed E-state index contributed by atoms with van der Waals surface area (Å²) in [5, 5.41) is 3.62. The highest BCUT2D eigenvalue weighted by atomic mass is 32.2. The summed E-state index contributed by atoms with van der Waals surface area (Å²) in [5.41, 5.74) is 4.31. The first-order chi connectivity index (χ1) is 9.83. The highest BCUT2D eigenvalue weighted by Gasteiger charge is 2.21. The molecule has 2 aromatic rings. The van der Waals surface area contributed by atoms with Crippen molar-refractivity contribution in [3.63, 3.8) is 0 Å². The van der Waals surface area contributed by atoms with Gasteiger partial charge in [-0.2, -0.15) is 0 Å². The van der Waals surface area contributed by atoms with E-state index < -0.39 is 0 Å². The maximum Gasteiger partial charge on any atom is 0.0108 e. The van der Waals surface area contributed by atoms with E-state index in [0.717, 1.165) is 19.5 Å². The molecule has 0 spiro atoms. The highest BCUT2D eigenvalue weighted by molar-refractivity contribution is 7.99. The molecular formula is C18H21NS. The third-order valence-corrected chi connectivity index (χ3v) is 5.11. The number of aryl methyl sites for hydroxylation is 1. The number of hydrogen-bond donors (Lipinski definition) is 1. The van der Waals surface area contributed by atoms with Crippen LogP contribution >= 0.6 is 11.8 Å². The van der Waals surface area contributed by atoms with E-state index in [1.54, 1.807) is 0 Å². The second kappa shape index (κ2) is 6.47. The molecule has 3 rings (SSSR count). The molecule has 20 heavy (non-hydrogen) atoms. The molecule has 2 aromatic carbocycles. The van der Waals surface area contributed by atoms with E-state index in [4.69, 9.17) is 0 Å². The molecule has 0 radical (unpaired) electrons. The molecule has 0 aliphatic carbocycles. The van der Waals surface area contributed by atoms with Crippen LogP contribution in [0.3, 0.4) is 0 Å². The van der Waals surface area contributed by atoms with Gasteiger partial charge in [0.05, 0.1) is 0 Å². The second-order valence-electron chi connectivity index (χ2n) is 5.49. The molecule has 1 atom stereocenters. The molecule has 0 bridgehead atoms. The van der Waals surface area contributed by atoms with Crippen LogP contribution in [0.15, 0.2) is 53.4 Å². The van der Waals surface area contributed by atoms with Crippen LogP contribution in [-0.2, 0) is 6.42 Å². The van der Waals surface area contributed by atoms with Gasteiger partial charge in [0.25, 0.3) is 0 Å². The predicted molar refractivity (Wildman–Crippen MR) is 87.7 cm³/mol. The zero-order chi connectivity index (χ0) is 13.8. The van der Waals surface area contributed by atoms with Crippen molar-refractivity contribution in [2.45, 2.75) is 24.2 Å². The Bertz CT molecular complexity index is 579. The van der Waals surface area contributed by atoms with E-state index in [9.17, 15) is 0 Å². The van der Waals surface area contributed by atoms with Gasteiger partial charge >= 0.3 is 0 Å². The number of rotatable bonds is 5.